The van der Waals surface area contributed by atoms with Crippen molar-refractivity contribution >= 4 is 12.4 Å². The summed E-state index contributed by atoms with van der Waals surface area (Å²) >= 11 is 0. The topological polar surface area (TPSA) is 24.9 Å². The van der Waals surface area contributed by atoms with Gasteiger partial charge in [0.2, 0.25) is 0 Å². The van der Waals surface area contributed by atoms with Crippen molar-refractivity contribution in [2.45, 2.75) is 19.4 Å². The average Bonchev–Trinajstić information content (AvgIpc) is 2.28. The van der Waals surface area contributed by atoms with Crippen molar-refractivity contribution in [2.24, 2.45) is 0 Å². The van der Waals surface area contributed by atoms with Gasteiger partial charge in [-0.1, -0.05) is 0 Å². The quantitative estimate of drug-likeness (QED) is 0.662. The molecule has 3 heteroatoms. The third-order valence-electron chi connectivity index (χ3n) is 2.12. The Bertz CT molecular complexity index is 225. The number of rotatable bonds is 0. The van der Waals surface area contributed by atoms with E-state index in [1.54, 1.807) is 0 Å². The van der Waals surface area contributed by atoms with Gasteiger partial charge in [0, 0.05) is 18.9 Å². The van der Waals surface area contributed by atoms with Gasteiger partial charge in [-0.2, -0.15) is 0 Å². The SMILES string of the molecule is Cl.c1cc2c(cn1)CCCNC2. The van der Waals surface area contributed by atoms with E-state index in [1.807, 2.05) is 12.4 Å². The van der Waals surface area contributed by atoms with Crippen LogP contribution < -0.4 is 5.32 Å². The van der Waals surface area contributed by atoms with E-state index in [2.05, 4.69) is 16.4 Å². The Kier molecular flexibility index (Phi) is 3.50. The van der Waals surface area contributed by atoms with Crippen LogP contribution in [-0.2, 0) is 13.0 Å². The largest absolute Gasteiger partial charge is 0.313 e. The Hall–Kier alpha value is -0.600. The smallest absolute Gasteiger partial charge is 0.0303 e. The third kappa shape index (κ3) is 1.96. The van der Waals surface area contributed by atoms with Crippen LogP contribution in [0.2, 0.25) is 0 Å². The van der Waals surface area contributed by atoms with Crippen molar-refractivity contribution in [3.05, 3.63) is 29.6 Å². The molecule has 1 aromatic heterocycles. The zero-order chi connectivity index (χ0) is 7.52. The monoisotopic (exact) mass is 184 g/mol. The fourth-order valence-corrected chi connectivity index (χ4v) is 1.48. The summed E-state index contributed by atoms with van der Waals surface area (Å²) in [4.78, 5) is 4.11. The molecule has 0 bridgehead atoms. The number of hydrogen-bond donors (Lipinski definition) is 1. The Balaban J connectivity index is 0.000000720. The minimum atomic E-state index is 0. The Morgan fingerprint density at radius 3 is 3.17 bits per heavy atom. The van der Waals surface area contributed by atoms with Crippen LogP contribution in [0.5, 0.6) is 0 Å². The van der Waals surface area contributed by atoms with E-state index < -0.39 is 0 Å². The van der Waals surface area contributed by atoms with E-state index in [0.717, 1.165) is 13.1 Å². The molecule has 0 spiro atoms. The first kappa shape index (κ1) is 9.49. The molecule has 1 aromatic rings. The molecule has 2 nitrogen and oxygen atoms in total. The molecule has 66 valence electrons. The van der Waals surface area contributed by atoms with E-state index in [9.17, 15) is 0 Å². The van der Waals surface area contributed by atoms with Crippen LogP contribution in [0.3, 0.4) is 0 Å². The molecule has 2 rings (SSSR count). The van der Waals surface area contributed by atoms with Crippen LogP contribution in [-0.4, -0.2) is 11.5 Å². The zero-order valence-corrected chi connectivity index (χ0v) is 7.73. The molecule has 2 heterocycles. The molecule has 1 aliphatic rings. The second-order valence-electron chi connectivity index (χ2n) is 2.92. The van der Waals surface area contributed by atoms with Gasteiger partial charge in [-0.15, -0.1) is 12.4 Å². The van der Waals surface area contributed by atoms with Gasteiger partial charge in [0.05, 0.1) is 0 Å². The number of nitrogens with zero attached hydrogens (tertiary/aromatic N) is 1. The van der Waals surface area contributed by atoms with Crippen molar-refractivity contribution in [2.75, 3.05) is 6.54 Å². The number of aromatic nitrogens is 1. The van der Waals surface area contributed by atoms with Gasteiger partial charge < -0.3 is 5.32 Å². The maximum Gasteiger partial charge on any atom is 0.0303 e. The van der Waals surface area contributed by atoms with Crippen LogP contribution in [0, 0.1) is 0 Å². The van der Waals surface area contributed by atoms with Gasteiger partial charge in [0.25, 0.3) is 0 Å². The summed E-state index contributed by atoms with van der Waals surface area (Å²) in [5, 5.41) is 3.38. The molecule has 1 N–H and O–H groups in total. The predicted molar refractivity (Wildman–Crippen MR) is 51.5 cm³/mol. The molecule has 0 radical (unpaired) electrons. The number of aryl methyl sites for hydroxylation is 1. The maximum atomic E-state index is 4.11. The lowest BCUT2D eigenvalue weighted by Crippen LogP contribution is -2.11. The minimum absolute atomic E-state index is 0. The van der Waals surface area contributed by atoms with E-state index in [0.29, 0.717) is 0 Å². The van der Waals surface area contributed by atoms with Crippen molar-refractivity contribution in [1.29, 1.82) is 0 Å². The molecule has 0 aromatic carbocycles. The molecular weight excluding hydrogens is 172 g/mol. The molecule has 0 saturated carbocycles. The molecule has 0 aliphatic carbocycles. The summed E-state index contributed by atoms with van der Waals surface area (Å²) in [7, 11) is 0. The fraction of sp³-hybridized carbons (Fsp3) is 0.444. The molecule has 0 atom stereocenters. The highest BCUT2D eigenvalue weighted by Crippen LogP contribution is 2.11. The van der Waals surface area contributed by atoms with Crippen LogP contribution in [0.15, 0.2) is 18.5 Å². The molecular formula is C9H13ClN2. The van der Waals surface area contributed by atoms with E-state index in [-0.39, 0.29) is 12.4 Å². The highest BCUT2D eigenvalue weighted by Gasteiger charge is 2.05. The lowest BCUT2D eigenvalue weighted by Gasteiger charge is -2.01. The highest BCUT2D eigenvalue weighted by molar-refractivity contribution is 5.85. The Labute approximate surface area is 78.8 Å². The number of nitrogens with one attached hydrogen (secondary N) is 1. The third-order valence-corrected chi connectivity index (χ3v) is 2.12. The summed E-state index contributed by atoms with van der Waals surface area (Å²) in [6.45, 7) is 2.15. The first-order valence-corrected chi connectivity index (χ1v) is 4.09. The first-order chi connectivity index (χ1) is 5.47. The van der Waals surface area contributed by atoms with Gasteiger partial charge in [-0.3, -0.25) is 4.98 Å². The number of fused-ring (bicyclic) bond motifs is 1. The van der Waals surface area contributed by atoms with E-state index in [4.69, 9.17) is 0 Å². The summed E-state index contributed by atoms with van der Waals surface area (Å²) in [5.41, 5.74) is 2.83. The molecule has 0 saturated heterocycles. The summed E-state index contributed by atoms with van der Waals surface area (Å²) in [6, 6.07) is 2.10. The number of pyridine rings is 1. The second kappa shape index (κ2) is 4.43. The van der Waals surface area contributed by atoms with Gasteiger partial charge >= 0.3 is 0 Å². The van der Waals surface area contributed by atoms with Gasteiger partial charge in [-0.25, -0.2) is 0 Å². The normalized spacial score (nSPS) is 15.7. The first-order valence-electron chi connectivity index (χ1n) is 4.09. The Morgan fingerprint density at radius 2 is 2.25 bits per heavy atom. The number of hydrogen-bond acceptors (Lipinski definition) is 2. The minimum Gasteiger partial charge on any atom is -0.313 e. The van der Waals surface area contributed by atoms with Crippen LogP contribution >= 0.6 is 12.4 Å². The standard InChI is InChI=1S/C9H12N2.ClH/c1-2-8-6-11-5-3-9(8)7-10-4-1;/h3,5-6,10H,1-2,4,7H2;1H. The van der Waals surface area contributed by atoms with Crippen molar-refractivity contribution < 1.29 is 0 Å². The van der Waals surface area contributed by atoms with Crippen molar-refractivity contribution in [1.82, 2.24) is 10.3 Å². The molecule has 0 fully saturated rings. The summed E-state index contributed by atoms with van der Waals surface area (Å²) in [6.07, 6.45) is 6.27. The lowest BCUT2D eigenvalue weighted by molar-refractivity contribution is 0.681. The zero-order valence-electron chi connectivity index (χ0n) is 6.92. The van der Waals surface area contributed by atoms with Crippen LogP contribution in [0.4, 0.5) is 0 Å². The highest BCUT2D eigenvalue weighted by atomic mass is 35.5. The molecule has 0 unspecified atom stereocenters. The fourth-order valence-electron chi connectivity index (χ4n) is 1.48. The predicted octanol–water partition coefficient (Wildman–Crippen LogP) is 1.54. The lowest BCUT2D eigenvalue weighted by atomic mass is 10.1. The molecule has 1 aliphatic heterocycles. The Morgan fingerprint density at radius 1 is 1.33 bits per heavy atom. The molecule has 12 heavy (non-hydrogen) atoms. The van der Waals surface area contributed by atoms with Crippen molar-refractivity contribution in [3.63, 3.8) is 0 Å². The van der Waals surface area contributed by atoms with Gasteiger partial charge in [0.1, 0.15) is 0 Å². The summed E-state index contributed by atoms with van der Waals surface area (Å²) in [5.74, 6) is 0. The average molecular weight is 185 g/mol. The van der Waals surface area contributed by atoms with Gasteiger partial charge in [-0.05, 0) is 36.6 Å². The number of halogens is 1. The maximum absolute atomic E-state index is 4.11. The van der Waals surface area contributed by atoms with Crippen molar-refractivity contribution in [3.8, 4) is 0 Å². The van der Waals surface area contributed by atoms with Gasteiger partial charge in [0.15, 0.2) is 0 Å². The second-order valence-corrected chi connectivity index (χ2v) is 2.92. The van der Waals surface area contributed by atoms with E-state index >= 15 is 0 Å². The van der Waals surface area contributed by atoms with Crippen LogP contribution in [0.25, 0.3) is 0 Å². The van der Waals surface area contributed by atoms with E-state index in [1.165, 1.54) is 24.0 Å². The van der Waals surface area contributed by atoms with Crippen LogP contribution in [0.1, 0.15) is 17.5 Å². The summed E-state index contributed by atoms with van der Waals surface area (Å²) < 4.78 is 0. The molecule has 0 amide bonds.